The fraction of sp³-hybridized carbons (Fsp3) is 0.600. The molecular weight excluding hydrogens is 200 g/mol. The van der Waals surface area contributed by atoms with Gasteiger partial charge in [-0.3, -0.25) is 5.10 Å². The minimum atomic E-state index is -0.559. The Hall–Kier alpha value is -0.430. The Morgan fingerprint density at radius 1 is 1.75 bits per heavy atom. The molecule has 12 heavy (non-hydrogen) atoms. The number of aromatic nitrogens is 3. The van der Waals surface area contributed by atoms with Crippen LogP contribution in [0.4, 0.5) is 0 Å². The fourth-order valence-electron chi connectivity index (χ4n) is 0.786. The second kappa shape index (κ2) is 4.56. The Balaban J connectivity index is 2.46. The van der Waals surface area contributed by atoms with Crippen molar-refractivity contribution in [1.82, 2.24) is 20.0 Å². The zero-order valence-corrected chi connectivity index (χ0v) is 7.74. The summed E-state index contributed by atoms with van der Waals surface area (Å²) in [6, 6.07) is 0. The number of halogens is 1. The molecule has 0 aliphatic rings. The largest absolute Gasteiger partial charge is 0.391 e. The topological polar surface area (TPSA) is 76.7 Å². The molecular formula is C5H9ClN4OS. The van der Waals surface area contributed by atoms with Crippen molar-refractivity contribution in [3.8, 4) is 0 Å². The summed E-state index contributed by atoms with van der Waals surface area (Å²) in [6.45, 7) is 0.315. The molecule has 0 spiro atoms. The van der Waals surface area contributed by atoms with Crippen LogP contribution in [0.3, 0.4) is 0 Å². The van der Waals surface area contributed by atoms with E-state index in [1.54, 1.807) is 0 Å². The van der Waals surface area contributed by atoms with Crippen LogP contribution in [0, 0.1) is 4.77 Å². The van der Waals surface area contributed by atoms with Gasteiger partial charge in [-0.05, 0) is 24.0 Å². The summed E-state index contributed by atoms with van der Waals surface area (Å²) in [7, 11) is 0. The van der Waals surface area contributed by atoms with Crippen molar-refractivity contribution in [1.29, 1.82) is 0 Å². The maximum Gasteiger partial charge on any atom is 0.192 e. The SMILES string of the molecule is OC(CNCl)Cc1n[nH]c(=S)[nH]1. The monoisotopic (exact) mass is 208 g/mol. The van der Waals surface area contributed by atoms with E-state index in [-0.39, 0.29) is 0 Å². The van der Waals surface area contributed by atoms with Gasteiger partial charge >= 0.3 is 0 Å². The van der Waals surface area contributed by atoms with Crippen LogP contribution in [0.2, 0.25) is 0 Å². The zero-order chi connectivity index (χ0) is 8.97. The second-order valence-electron chi connectivity index (χ2n) is 2.32. The van der Waals surface area contributed by atoms with Gasteiger partial charge in [0.15, 0.2) is 4.77 Å². The maximum absolute atomic E-state index is 9.26. The number of aromatic amines is 2. The normalized spacial score (nSPS) is 13.2. The summed E-state index contributed by atoms with van der Waals surface area (Å²) in [5, 5.41) is 15.6. The van der Waals surface area contributed by atoms with Gasteiger partial charge in [0.2, 0.25) is 0 Å². The fourth-order valence-corrected chi connectivity index (χ4v) is 1.13. The summed E-state index contributed by atoms with van der Waals surface area (Å²) in [5.74, 6) is 0.624. The molecule has 1 atom stereocenters. The highest BCUT2D eigenvalue weighted by molar-refractivity contribution is 7.71. The van der Waals surface area contributed by atoms with Gasteiger partial charge in [-0.2, -0.15) is 5.10 Å². The molecule has 0 fully saturated rings. The summed E-state index contributed by atoms with van der Waals surface area (Å²) in [4.78, 5) is 5.12. The quantitative estimate of drug-likeness (QED) is 0.419. The van der Waals surface area contributed by atoms with Crippen molar-refractivity contribution in [3.63, 3.8) is 0 Å². The van der Waals surface area contributed by atoms with Crippen molar-refractivity contribution in [3.05, 3.63) is 10.6 Å². The molecule has 4 N–H and O–H groups in total. The minimum absolute atomic E-state index is 0.315. The number of aliphatic hydroxyl groups is 1. The van der Waals surface area contributed by atoms with Crippen LogP contribution in [0.15, 0.2) is 0 Å². The molecule has 0 radical (unpaired) electrons. The van der Waals surface area contributed by atoms with Gasteiger partial charge in [0.05, 0.1) is 6.10 Å². The van der Waals surface area contributed by atoms with Gasteiger partial charge in [-0.15, -0.1) is 0 Å². The van der Waals surface area contributed by atoms with Gasteiger partial charge in [0, 0.05) is 13.0 Å². The van der Waals surface area contributed by atoms with E-state index in [0.29, 0.717) is 23.6 Å². The maximum atomic E-state index is 9.26. The van der Waals surface area contributed by atoms with Crippen LogP contribution in [-0.4, -0.2) is 32.9 Å². The molecule has 1 unspecified atom stereocenters. The zero-order valence-electron chi connectivity index (χ0n) is 6.17. The average molecular weight is 209 g/mol. The van der Waals surface area contributed by atoms with E-state index in [1.165, 1.54) is 0 Å². The van der Waals surface area contributed by atoms with Crippen molar-refractivity contribution in [2.75, 3.05) is 6.54 Å². The van der Waals surface area contributed by atoms with Crippen LogP contribution in [0.25, 0.3) is 0 Å². The highest BCUT2D eigenvalue weighted by Crippen LogP contribution is 1.94. The molecule has 1 aromatic rings. The third kappa shape index (κ3) is 2.90. The Morgan fingerprint density at radius 3 is 3.00 bits per heavy atom. The predicted octanol–water partition coefficient (Wildman–Crippen LogP) is 0.114. The first-order valence-corrected chi connectivity index (χ1v) is 4.16. The second-order valence-corrected chi connectivity index (χ2v) is 3.00. The third-order valence-electron chi connectivity index (χ3n) is 1.29. The molecule has 1 heterocycles. The molecule has 7 heteroatoms. The molecule has 0 aliphatic heterocycles. The average Bonchev–Trinajstić information content (AvgIpc) is 2.36. The number of hydrogen-bond donors (Lipinski definition) is 4. The molecule has 1 aromatic heterocycles. The lowest BCUT2D eigenvalue weighted by molar-refractivity contribution is 0.177. The van der Waals surface area contributed by atoms with E-state index < -0.39 is 6.10 Å². The smallest absolute Gasteiger partial charge is 0.192 e. The van der Waals surface area contributed by atoms with Crippen molar-refractivity contribution in [2.45, 2.75) is 12.5 Å². The number of hydrogen-bond acceptors (Lipinski definition) is 4. The molecule has 5 nitrogen and oxygen atoms in total. The summed E-state index contributed by atoms with van der Waals surface area (Å²) >= 11 is 9.95. The van der Waals surface area contributed by atoms with Gasteiger partial charge in [0.25, 0.3) is 0 Å². The van der Waals surface area contributed by atoms with Crippen molar-refractivity contribution in [2.24, 2.45) is 0 Å². The standard InChI is InChI=1S/C5H9ClN4OS/c6-7-2-3(11)1-4-8-5(12)10-9-4/h3,7,11H,1-2H2,(H2,8,9,10,12). The van der Waals surface area contributed by atoms with Crippen LogP contribution in [-0.2, 0) is 6.42 Å². The molecule has 0 saturated heterocycles. The van der Waals surface area contributed by atoms with E-state index in [0.717, 1.165) is 0 Å². The Kier molecular flexibility index (Phi) is 3.67. The number of H-pyrrole nitrogens is 2. The van der Waals surface area contributed by atoms with E-state index in [2.05, 4.69) is 20.0 Å². The van der Waals surface area contributed by atoms with Crippen LogP contribution in [0.1, 0.15) is 5.82 Å². The molecule has 0 amide bonds. The van der Waals surface area contributed by atoms with E-state index in [1.807, 2.05) is 0 Å². The Bertz CT molecular complexity index is 285. The van der Waals surface area contributed by atoms with Crippen LogP contribution in [0.5, 0.6) is 0 Å². The third-order valence-corrected chi connectivity index (χ3v) is 1.64. The summed E-state index contributed by atoms with van der Waals surface area (Å²) in [5.41, 5.74) is 0. The number of rotatable bonds is 4. The number of aliphatic hydroxyl groups excluding tert-OH is 1. The highest BCUT2D eigenvalue weighted by atomic mass is 35.5. The van der Waals surface area contributed by atoms with Crippen LogP contribution < -0.4 is 4.84 Å². The van der Waals surface area contributed by atoms with E-state index >= 15 is 0 Å². The molecule has 68 valence electrons. The molecule has 0 saturated carbocycles. The summed E-state index contributed by atoms with van der Waals surface area (Å²) < 4.78 is 0.455. The molecule has 0 aromatic carbocycles. The molecule has 0 bridgehead atoms. The number of nitrogens with one attached hydrogen (secondary N) is 3. The lowest BCUT2D eigenvalue weighted by Gasteiger charge is -2.04. The van der Waals surface area contributed by atoms with Gasteiger partial charge in [-0.1, -0.05) is 0 Å². The van der Waals surface area contributed by atoms with Crippen LogP contribution >= 0.6 is 24.0 Å². The first-order valence-electron chi connectivity index (χ1n) is 3.37. The first kappa shape index (κ1) is 9.66. The summed E-state index contributed by atoms with van der Waals surface area (Å²) in [6.07, 6.45) is -0.163. The highest BCUT2D eigenvalue weighted by Gasteiger charge is 2.06. The van der Waals surface area contributed by atoms with E-state index in [4.69, 9.17) is 24.0 Å². The molecule has 1 rings (SSSR count). The Labute approximate surface area is 79.3 Å². The van der Waals surface area contributed by atoms with Gasteiger partial charge < -0.3 is 10.1 Å². The minimum Gasteiger partial charge on any atom is -0.391 e. The first-order chi connectivity index (χ1) is 5.72. The van der Waals surface area contributed by atoms with Gasteiger partial charge in [0.1, 0.15) is 5.82 Å². The number of nitrogens with zero attached hydrogens (tertiary/aromatic N) is 1. The Morgan fingerprint density at radius 2 is 2.50 bits per heavy atom. The molecule has 0 aliphatic carbocycles. The van der Waals surface area contributed by atoms with Crippen molar-refractivity contribution < 1.29 is 5.11 Å². The van der Waals surface area contributed by atoms with Gasteiger partial charge in [-0.25, -0.2) is 4.84 Å². The lowest BCUT2D eigenvalue weighted by atomic mass is 10.2. The predicted molar refractivity (Wildman–Crippen MR) is 47.3 cm³/mol. The van der Waals surface area contributed by atoms with E-state index in [9.17, 15) is 5.11 Å². The lowest BCUT2D eigenvalue weighted by Crippen LogP contribution is -2.23. The van der Waals surface area contributed by atoms with Crippen molar-refractivity contribution >= 4 is 24.0 Å².